The zero-order valence-electron chi connectivity index (χ0n) is 21.7. The first-order valence-corrected chi connectivity index (χ1v) is 13.1. The molecule has 2 aromatic rings. The van der Waals surface area contributed by atoms with E-state index in [4.69, 9.17) is 9.72 Å². The van der Waals surface area contributed by atoms with Crippen molar-refractivity contribution < 1.29 is 19.0 Å². The number of anilines is 2. The van der Waals surface area contributed by atoms with E-state index in [9.17, 15) is 19.6 Å². The normalized spacial score (nSPS) is 19.7. The second kappa shape index (κ2) is 10.9. The van der Waals surface area contributed by atoms with Crippen molar-refractivity contribution in [2.45, 2.75) is 31.8 Å². The minimum absolute atomic E-state index is 0.105. The first-order valence-electron chi connectivity index (χ1n) is 13.1. The second-order valence-electron chi connectivity index (χ2n) is 10.1. The van der Waals surface area contributed by atoms with E-state index in [1.807, 2.05) is 0 Å². The fourth-order valence-electron chi connectivity index (χ4n) is 5.74. The second-order valence-corrected chi connectivity index (χ2v) is 10.1. The Morgan fingerprint density at radius 2 is 2.03 bits per heavy atom. The average molecular weight is 521 g/mol. The molecule has 0 radical (unpaired) electrons. The predicted molar refractivity (Wildman–Crippen MR) is 142 cm³/mol. The molecule has 5 rings (SSSR count). The number of piperazine rings is 1. The number of likely N-dealkylation sites (tertiary alicyclic amines) is 1. The van der Waals surface area contributed by atoms with Crippen LogP contribution in [0, 0.1) is 17.1 Å². The first-order chi connectivity index (χ1) is 18.4. The van der Waals surface area contributed by atoms with Crippen LogP contribution in [0.5, 0.6) is 11.6 Å². The number of likely N-dealkylation sites (N-methyl/N-ethyl adjacent to an activating group) is 1. The summed E-state index contributed by atoms with van der Waals surface area (Å²) in [5.41, 5.74) is 2.97. The number of ether oxygens (including phenoxy) is 1. The summed E-state index contributed by atoms with van der Waals surface area (Å²) in [6.45, 7) is 7.92. The van der Waals surface area contributed by atoms with Gasteiger partial charge in [-0.1, -0.05) is 12.6 Å². The monoisotopic (exact) mass is 520 g/mol. The SMILES string of the molecule is C=CC(=O)N1CCN(c2c(C#N)c(OC[C@@H]3CCCN3C)nc3c2CCN(c2c(O)cccc2F)C3)CC1. The van der Waals surface area contributed by atoms with Gasteiger partial charge in [0.1, 0.15) is 35.5 Å². The highest BCUT2D eigenvalue weighted by Gasteiger charge is 2.32. The van der Waals surface area contributed by atoms with Crippen LogP contribution < -0.4 is 14.5 Å². The number of phenolic OH excluding ortho intramolecular Hbond substituents is 1. The molecule has 3 aliphatic heterocycles. The maximum atomic E-state index is 14.7. The minimum Gasteiger partial charge on any atom is -0.506 e. The molecule has 1 aromatic heterocycles. The van der Waals surface area contributed by atoms with E-state index in [2.05, 4.69) is 29.5 Å². The van der Waals surface area contributed by atoms with E-state index >= 15 is 0 Å². The zero-order valence-corrected chi connectivity index (χ0v) is 21.7. The molecule has 0 unspecified atom stereocenters. The van der Waals surface area contributed by atoms with Gasteiger partial charge in [0, 0.05) is 44.3 Å². The van der Waals surface area contributed by atoms with Crippen LogP contribution in [0.3, 0.4) is 0 Å². The summed E-state index contributed by atoms with van der Waals surface area (Å²) in [4.78, 5) is 24.9. The Kier molecular flexibility index (Phi) is 7.38. The molecule has 0 aliphatic carbocycles. The van der Waals surface area contributed by atoms with Crippen molar-refractivity contribution in [1.29, 1.82) is 5.26 Å². The molecule has 3 aliphatic rings. The standard InChI is InChI=1S/C28H33FN6O3/c1-3-25(37)33-12-14-34(15-13-33)26-20-9-11-35(27-22(29)7-4-8-24(27)36)17-23(20)31-28(21(26)16-30)38-18-19-6-5-10-32(19)2/h3-4,7-8,19,36H,1,5-6,9-15,17-18H2,2H3/t19-/m0/s1. The molecule has 2 saturated heterocycles. The highest BCUT2D eigenvalue weighted by molar-refractivity contribution is 5.87. The van der Waals surface area contributed by atoms with Crippen molar-refractivity contribution in [2.75, 3.05) is 62.7 Å². The molecule has 10 heteroatoms. The Morgan fingerprint density at radius 3 is 2.68 bits per heavy atom. The maximum Gasteiger partial charge on any atom is 0.246 e. The summed E-state index contributed by atoms with van der Waals surface area (Å²) in [5.74, 6) is -0.435. The molecule has 2 fully saturated rings. The van der Waals surface area contributed by atoms with Gasteiger partial charge in [-0.2, -0.15) is 5.26 Å². The number of para-hydroxylation sites is 1. The molecule has 1 amide bonds. The van der Waals surface area contributed by atoms with Crippen molar-refractivity contribution in [3.63, 3.8) is 0 Å². The smallest absolute Gasteiger partial charge is 0.246 e. The van der Waals surface area contributed by atoms with Gasteiger partial charge in [-0.25, -0.2) is 9.37 Å². The molecule has 9 nitrogen and oxygen atoms in total. The lowest BCUT2D eigenvalue weighted by atomic mass is 9.97. The van der Waals surface area contributed by atoms with Crippen molar-refractivity contribution >= 4 is 17.3 Å². The van der Waals surface area contributed by atoms with E-state index < -0.39 is 5.82 Å². The summed E-state index contributed by atoms with van der Waals surface area (Å²) in [6, 6.07) is 6.89. The molecular formula is C28H33FN6O3. The van der Waals surface area contributed by atoms with Crippen LogP contribution >= 0.6 is 0 Å². The maximum absolute atomic E-state index is 14.7. The highest BCUT2D eigenvalue weighted by Crippen LogP contribution is 2.40. The van der Waals surface area contributed by atoms with E-state index in [0.29, 0.717) is 57.0 Å². The van der Waals surface area contributed by atoms with Gasteiger partial charge in [0.2, 0.25) is 11.8 Å². The summed E-state index contributed by atoms with van der Waals surface area (Å²) in [6.07, 6.45) is 3.98. The van der Waals surface area contributed by atoms with Crippen molar-refractivity contribution in [1.82, 2.24) is 14.8 Å². The highest BCUT2D eigenvalue weighted by atomic mass is 19.1. The van der Waals surface area contributed by atoms with Crippen LogP contribution in [0.4, 0.5) is 15.8 Å². The van der Waals surface area contributed by atoms with E-state index in [-0.39, 0.29) is 35.8 Å². The number of halogens is 1. The lowest BCUT2D eigenvalue weighted by Crippen LogP contribution is -2.49. The third-order valence-corrected chi connectivity index (χ3v) is 7.85. The number of nitriles is 1. The fourth-order valence-corrected chi connectivity index (χ4v) is 5.74. The topological polar surface area (TPSA) is 96.2 Å². The number of fused-ring (bicyclic) bond motifs is 1. The number of nitrogens with zero attached hydrogens (tertiary/aromatic N) is 6. The quantitative estimate of drug-likeness (QED) is 0.581. The predicted octanol–water partition coefficient (Wildman–Crippen LogP) is 2.67. The summed E-state index contributed by atoms with van der Waals surface area (Å²) < 4.78 is 20.9. The van der Waals surface area contributed by atoms with Gasteiger partial charge in [-0.05, 0) is 51.1 Å². The van der Waals surface area contributed by atoms with Gasteiger partial charge in [-0.3, -0.25) is 4.79 Å². The van der Waals surface area contributed by atoms with Crippen LogP contribution in [-0.4, -0.2) is 84.8 Å². The lowest BCUT2D eigenvalue weighted by molar-refractivity contribution is -0.126. The Labute approximate surface area is 222 Å². The van der Waals surface area contributed by atoms with Gasteiger partial charge < -0.3 is 29.4 Å². The molecule has 1 N–H and O–H groups in total. The largest absolute Gasteiger partial charge is 0.506 e. The van der Waals surface area contributed by atoms with Crippen molar-refractivity contribution in [3.8, 4) is 17.7 Å². The molecule has 4 heterocycles. The number of carbonyl (C=O) groups is 1. The number of benzene rings is 1. The number of hydrogen-bond acceptors (Lipinski definition) is 8. The Bertz CT molecular complexity index is 1250. The van der Waals surface area contributed by atoms with Gasteiger partial charge in [0.25, 0.3) is 0 Å². The molecule has 0 saturated carbocycles. The number of amides is 1. The van der Waals surface area contributed by atoms with Gasteiger partial charge in [0.05, 0.1) is 17.9 Å². The van der Waals surface area contributed by atoms with Crippen molar-refractivity contribution in [2.24, 2.45) is 0 Å². The summed E-state index contributed by atoms with van der Waals surface area (Å²) in [5, 5.41) is 20.7. The van der Waals surface area contributed by atoms with Crippen LogP contribution in [0.25, 0.3) is 0 Å². The van der Waals surface area contributed by atoms with Crippen LogP contribution in [0.1, 0.15) is 29.7 Å². The third-order valence-electron chi connectivity index (χ3n) is 7.85. The van der Waals surface area contributed by atoms with Gasteiger partial charge in [-0.15, -0.1) is 0 Å². The number of phenols is 1. The molecule has 38 heavy (non-hydrogen) atoms. The molecule has 200 valence electrons. The number of carbonyl (C=O) groups excluding carboxylic acids is 1. The first kappa shape index (κ1) is 25.8. The minimum atomic E-state index is -0.494. The molecular weight excluding hydrogens is 487 g/mol. The van der Waals surface area contributed by atoms with E-state index in [1.54, 1.807) is 9.80 Å². The Hall–Kier alpha value is -3.84. The Morgan fingerprint density at radius 1 is 1.24 bits per heavy atom. The molecule has 0 bridgehead atoms. The third kappa shape index (κ3) is 4.86. The van der Waals surface area contributed by atoms with Crippen LogP contribution in [0.2, 0.25) is 0 Å². The van der Waals surface area contributed by atoms with E-state index in [1.165, 1.54) is 24.3 Å². The zero-order chi connectivity index (χ0) is 26.8. The van der Waals surface area contributed by atoms with Gasteiger partial charge in [0.15, 0.2) is 0 Å². The molecule has 1 atom stereocenters. The van der Waals surface area contributed by atoms with Gasteiger partial charge >= 0.3 is 0 Å². The van der Waals surface area contributed by atoms with Crippen LogP contribution in [-0.2, 0) is 17.8 Å². The number of aromatic hydroxyl groups is 1. The Balaban J connectivity index is 1.51. The number of aromatic nitrogens is 1. The number of hydrogen-bond donors (Lipinski definition) is 1. The lowest BCUT2D eigenvalue weighted by Gasteiger charge is -2.39. The molecule has 0 spiro atoms. The van der Waals surface area contributed by atoms with Crippen molar-refractivity contribution in [3.05, 3.63) is 53.5 Å². The number of rotatable bonds is 6. The summed E-state index contributed by atoms with van der Waals surface area (Å²) in [7, 11) is 2.07. The van der Waals surface area contributed by atoms with E-state index in [0.717, 1.165) is 30.6 Å². The fraction of sp³-hybridized carbons (Fsp3) is 0.464. The summed E-state index contributed by atoms with van der Waals surface area (Å²) >= 11 is 0. The number of pyridine rings is 1. The van der Waals surface area contributed by atoms with Crippen LogP contribution in [0.15, 0.2) is 30.9 Å². The average Bonchev–Trinajstić information content (AvgIpc) is 3.34. The molecule has 1 aromatic carbocycles.